The van der Waals surface area contributed by atoms with Gasteiger partial charge in [-0.1, -0.05) is 20.3 Å². The van der Waals surface area contributed by atoms with Crippen molar-refractivity contribution in [2.75, 3.05) is 0 Å². The number of aliphatic hydroxyl groups is 2. The van der Waals surface area contributed by atoms with Gasteiger partial charge in [0.1, 0.15) is 0 Å². The first-order valence-electron chi connectivity index (χ1n) is 4.99. The average Bonchev–Trinajstić information content (AvgIpc) is 2.51. The first-order chi connectivity index (χ1) is 5.63. The van der Waals surface area contributed by atoms with Crippen molar-refractivity contribution in [3.8, 4) is 0 Å². The van der Waals surface area contributed by atoms with Crippen molar-refractivity contribution in [3.05, 3.63) is 0 Å². The first-order valence-corrected chi connectivity index (χ1v) is 4.99. The molecule has 6 unspecified atom stereocenters. The van der Waals surface area contributed by atoms with Crippen LogP contribution in [0.5, 0.6) is 0 Å². The molecule has 2 N–H and O–H groups in total. The Labute approximate surface area is 73.6 Å². The smallest absolute Gasteiger partial charge is 0.0835 e. The van der Waals surface area contributed by atoms with Crippen LogP contribution in [0.2, 0.25) is 0 Å². The van der Waals surface area contributed by atoms with Gasteiger partial charge in [-0.3, -0.25) is 0 Å². The largest absolute Gasteiger partial charge is 0.390 e. The van der Waals surface area contributed by atoms with Gasteiger partial charge in [0.05, 0.1) is 12.2 Å². The van der Waals surface area contributed by atoms with Gasteiger partial charge < -0.3 is 10.2 Å². The van der Waals surface area contributed by atoms with E-state index in [1.807, 2.05) is 0 Å². The molecule has 0 aromatic rings. The maximum Gasteiger partial charge on any atom is 0.0835 e. The minimum Gasteiger partial charge on any atom is -0.390 e. The summed E-state index contributed by atoms with van der Waals surface area (Å²) in [5.74, 6) is 1.85. The monoisotopic (exact) mass is 170 g/mol. The average molecular weight is 170 g/mol. The van der Waals surface area contributed by atoms with Crippen molar-refractivity contribution in [1.29, 1.82) is 0 Å². The number of aliphatic hydroxyl groups excluding tert-OH is 2. The Morgan fingerprint density at radius 2 is 1.67 bits per heavy atom. The van der Waals surface area contributed by atoms with E-state index in [2.05, 4.69) is 13.8 Å². The molecule has 0 aromatic heterocycles. The van der Waals surface area contributed by atoms with Gasteiger partial charge >= 0.3 is 0 Å². The van der Waals surface area contributed by atoms with E-state index in [1.165, 1.54) is 12.8 Å². The van der Waals surface area contributed by atoms with Gasteiger partial charge in [-0.15, -0.1) is 0 Å². The molecule has 2 aliphatic carbocycles. The predicted octanol–water partition coefficient (Wildman–Crippen LogP) is 1.02. The van der Waals surface area contributed by atoms with E-state index < -0.39 is 12.2 Å². The van der Waals surface area contributed by atoms with E-state index in [1.54, 1.807) is 0 Å². The summed E-state index contributed by atoms with van der Waals surface area (Å²) < 4.78 is 0. The second-order valence-corrected chi connectivity index (χ2v) is 4.64. The normalized spacial score (nSPS) is 59.0. The lowest BCUT2D eigenvalue weighted by Crippen LogP contribution is -2.29. The highest BCUT2D eigenvalue weighted by molar-refractivity contribution is 5.00. The van der Waals surface area contributed by atoms with Crippen LogP contribution in [0.4, 0.5) is 0 Å². The Morgan fingerprint density at radius 3 is 2.25 bits per heavy atom. The van der Waals surface area contributed by atoms with Crippen molar-refractivity contribution < 1.29 is 10.2 Å². The van der Waals surface area contributed by atoms with E-state index in [-0.39, 0.29) is 0 Å². The van der Waals surface area contributed by atoms with Gasteiger partial charge in [0.25, 0.3) is 0 Å². The van der Waals surface area contributed by atoms with Crippen molar-refractivity contribution >= 4 is 0 Å². The number of hydrogen-bond donors (Lipinski definition) is 2. The van der Waals surface area contributed by atoms with Crippen molar-refractivity contribution in [2.24, 2.45) is 23.7 Å². The van der Waals surface area contributed by atoms with E-state index in [0.717, 1.165) is 0 Å². The maximum atomic E-state index is 9.76. The molecule has 2 fully saturated rings. The third-order valence-electron chi connectivity index (χ3n) is 4.07. The molecule has 2 rings (SSSR count). The number of fused-ring (bicyclic) bond motifs is 1. The third-order valence-corrected chi connectivity index (χ3v) is 4.07. The van der Waals surface area contributed by atoms with Gasteiger partial charge in [-0.25, -0.2) is 0 Å². The Morgan fingerprint density at radius 1 is 1.00 bits per heavy atom. The molecule has 0 aliphatic heterocycles. The fourth-order valence-electron chi connectivity index (χ4n) is 3.26. The molecule has 0 spiro atoms. The van der Waals surface area contributed by atoms with Crippen LogP contribution < -0.4 is 0 Å². The zero-order chi connectivity index (χ0) is 8.88. The molecule has 2 saturated carbocycles. The molecule has 2 heteroatoms. The Hall–Kier alpha value is -0.0800. The summed E-state index contributed by atoms with van der Waals surface area (Å²) in [6, 6.07) is 0. The molecule has 0 bridgehead atoms. The Bertz CT molecular complexity index is 181. The highest BCUT2D eigenvalue weighted by Crippen LogP contribution is 2.50. The number of rotatable bonds is 0. The zero-order valence-electron chi connectivity index (χ0n) is 7.77. The lowest BCUT2D eigenvalue weighted by molar-refractivity contribution is -0.00229. The van der Waals surface area contributed by atoms with Crippen LogP contribution in [0.15, 0.2) is 0 Å². The van der Waals surface area contributed by atoms with Crippen molar-refractivity contribution in [3.63, 3.8) is 0 Å². The first kappa shape index (κ1) is 8.52. The molecule has 2 aliphatic rings. The molecule has 0 saturated heterocycles. The van der Waals surface area contributed by atoms with Crippen LogP contribution in [0.1, 0.15) is 26.7 Å². The van der Waals surface area contributed by atoms with Crippen LogP contribution in [-0.4, -0.2) is 22.4 Å². The standard InChI is InChI=1S/C10H18O2/c1-5-3-4-7-6(2)9(11)10(12)8(5)7/h5-12H,3-4H2,1-2H3. The van der Waals surface area contributed by atoms with Crippen molar-refractivity contribution in [1.82, 2.24) is 0 Å². The van der Waals surface area contributed by atoms with Gasteiger partial charge in [0.2, 0.25) is 0 Å². The minimum absolute atomic E-state index is 0.301. The molecule has 70 valence electrons. The van der Waals surface area contributed by atoms with Gasteiger partial charge in [-0.2, -0.15) is 0 Å². The third kappa shape index (κ3) is 0.944. The second-order valence-electron chi connectivity index (χ2n) is 4.64. The summed E-state index contributed by atoms with van der Waals surface area (Å²) >= 11 is 0. The topological polar surface area (TPSA) is 40.5 Å². The van der Waals surface area contributed by atoms with E-state index >= 15 is 0 Å². The summed E-state index contributed by atoms with van der Waals surface area (Å²) in [6.07, 6.45) is 1.50. The van der Waals surface area contributed by atoms with E-state index in [9.17, 15) is 10.2 Å². The van der Waals surface area contributed by atoms with Crippen LogP contribution in [0.25, 0.3) is 0 Å². The second kappa shape index (κ2) is 2.71. The van der Waals surface area contributed by atoms with Gasteiger partial charge in [-0.05, 0) is 30.1 Å². The summed E-state index contributed by atoms with van der Waals surface area (Å²) in [5.41, 5.74) is 0. The summed E-state index contributed by atoms with van der Waals surface area (Å²) in [7, 11) is 0. The van der Waals surface area contributed by atoms with E-state index in [4.69, 9.17) is 0 Å². The van der Waals surface area contributed by atoms with Crippen LogP contribution in [0, 0.1) is 23.7 Å². The highest BCUT2D eigenvalue weighted by Gasteiger charge is 2.51. The van der Waals surface area contributed by atoms with Crippen LogP contribution >= 0.6 is 0 Å². The SMILES string of the molecule is CC1CCC2C(C)C(O)C(O)C12. The quantitative estimate of drug-likeness (QED) is 0.570. The van der Waals surface area contributed by atoms with Crippen LogP contribution in [-0.2, 0) is 0 Å². The predicted molar refractivity (Wildman–Crippen MR) is 46.6 cm³/mol. The Kier molecular flexibility index (Phi) is 1.92. The van der Waals surface area contributed by atoms with Crippen molar-refractivity contribution in [2.45, 2.75) is 38.9 Å². The summed E-state index contributed by atoms with van der Waals surface area (Å²) in [6.45, 7) is 4.26. The maximum absolute atomic E-state index is 9.76. The Balaban J connectivity index is 2.20. The molecule has 6 atom stereocenters. The summed E-state index contributed by atoms with van der Waals surface area (Å²) in [5, 5.41) is 19.4. The molecule has 0 aromatic carbocycles. The molecular formula is C10H18O2. The molecule has 0 heterocycles. The lowest BCUT2D eigenvalue weighted by atomic mass is 9.90. The fourth-order valence-corrected chi connectivity index (χ4v) is 3.26. The molecule has 0 amide bonds. The molecule has 0 radical (unpaired) electrons. The highest BCUT2D eigenvalue weighted by atomic mass is 16.3. The summed E-state index contributed by atoms with van der Waals surface area (Å²) in [4.78, 5) is 0. The van der Waals surface area contributed by atoms with E-state index in [0.29, 0.717) is 23.7 Å². The van der Waals surface area contributed by atoms with Crippen LogP contribution in [0.3, 0.4) is 0 Å². The molecular weight excluding hydrogens is 152 g/mol. The number of hydrogen-bond acceptors (Lipinski definition) is 2. The zero-order valence-corrected chi connectivity index (χ0v) is 7.77. The molecule has 12 heavy (non-hydrogen) atoms. The minimum atomic E-state index is -0.470. The van der Waals surface area contributed by atoms with Gasteiger partial charge in [0, 0.05) is 0 Å². The fraction of sp³-hybridized carbons (Fsp3) is 1.00. The lowest BCUT2D eigenvalue weighted by Gasteiger charge is -2.19. The molecule has 2 nitrogen and oxygen atoms in total. The van der Waals surface area contributed by atoms with Gasteiger partial charge in [0.15, 0.2) is 0 Å².